The highest BCUT2D eigenvalue weighted by molar-refractivity contribution is 6.03. The summed E-state index contributed by atoms with van der Waals surface area (Å²) >= 11 is 0. The number of nitrogens with one attached hydrogen (secondary N) is 1. The highest BCUT2D eigenvalue weighted by atomic mass is 19.1. The van der Waals surface area contributed by atoms with Crippen molar-refractivity contribution in [3.63, 3.8) is 0 Å². The molecule has 0 spiro atoms. The molecule has 4 fully saturated rings. The average molecular weight is 655 g/mol. The van der Waals surface area contributed by atoms with Gasteiger partial charge in [-0.15, -0.1) is 6.42 Å². The zero-order chi connectivity index (χ0) is 32.7. The predicted molar refractivity (Wildman–Crippen MR) is 177 cm³/mol. The molecule has 2 aromatic heterocycles. The lowest BCUT2D eigenvalue weighted by molar-refractivity contribution is 0.0974. The molecular formula is C37H37F3N6O2. The van der Waals surface area contributed by atoms with E-state index in [2.05, 4.69) is 21.0 Å². The third kappa shape index (κ3) is 4.95. The summed E-state index contributed by atoms with van der Waals surface area (Å²) < 4.78 is 52.6. The lowest BCUT2D eigenvalue weighted by Gasteiger charge is -2.41. The molecule has 3 saturated heterocycles. The van der Waals surface area contributed by atoms with E-state index < -0.39 is 17.8 Å². The van der Waals surface area contributed by atoms with Gasteiger partial charge in [-0.3, -0.25) is 4.90 Å². The summed E-state index contributed by atoms with van der Waals surface area (Å²) in [6, 6.07) is 6.45. The molecule has 9 rings (SSSR count). The minimum Gasteiger partial charge on any atom is -0.508 e. The second-order valence-corrected chi connectivity index (χ2v) is 14.5. The van der Waals surface area contributed by atoms with Crippen LogP contribution in [0.1, 0.15) is 56.2 Å². The molecule has 48 heavy (non-hydrogen) atoms. The van der Waals surface area contributed by atoms with Crippen molar-refractivity contribution >= 4 is 27.5 Å². The standard InChI is InChI=1S/C37H37F3N6O2/c1-2-24-26(39)7-5-20-14-23(47)15-25(30(20)24)33-32(40)34-31-28(42-33)9-10-29-27-8-6-22(41-27)17-46(29)35(31)44-36(43-34)48-19-37(11-12-37)18-45-13-3-4-21(38)16-45/h1,5,7,14-15,21-22,27,29,41,47H,3-4,6,8-13,16-19H2/t21-,22-,27+,29-/m1/s1. The summed E-state index contributed by atoms with van der Waals surface area (Å²) in [6.07, 6.45) is 11.8. The number of fused-ring (bicyclic) bond motifs is 6. The van der Waals surface area contributed by atoms with E-state index in [-0.39, 0.29) is 51.6 Å². The van der Waals surface area contributed by atoms with Gasteiger partial charge in [0.25, 0.3) is 0 Å². The number of piperazine rings is 1. The number of benzene rings is 2. The highest BCUT2D eigenvalue weighted by Gasteiger charge is 2.46. The minimum absolute atomic E-state index is 0.0242. The number of alkyl halides is 1. The Morgan fingerprint density at radius 1 is 1.06 bits per heavy atom. The number of anilines is 1. The van der Waals surface area contributed by atoms with Crippen molar-refractivity contribution in [3.8, 4) is 35.4 Å². The number of hydrogen-bond acceptors (Lipinski definition) is 8. The van der Waals surface area contributed by atoms with Gasteiger partial charge in [0.15, 0.2) is 5.82 Å². The first-order valence-corrected chi connectivity index (χ1v) is 17.1. The van der Waals surface area contributed by atoms with Crippen LogP contribution in [0, 0.1) is 29.4 Å². The summed E-state index contributed by atoms with van der Waals surface area (Å²) in [5.41, 5.74) is 0.737. The maximum Gasteiger partial charge on any atom is 0.319 e. The summed E-state index contributed by atoms with van der Waals surface area (Å²) in [4.78, 5) is 19.1. The summed E-state index contributed by atoms with van der Waals surface area (Å²) in [5, 5.41) is 15.8. The van der Waals surface area contributed by atoms with Crippen molar-refractivity contribution in [2.75, 3.05) is 37.7 Å². The van der Waals surface area contributed by atoms with Crippen LogP contribution >= 0.6 is 0 Å². The van der Waals surface area contributed by atoms with Gasteiger partial charge < -0.3 is 20.1 Å². The van der Waals surface area contributed by atoms with Crippen LogP contribution in [0.25, 0.3) is 32.9 Å². The Morgan fingerprint density at radius 3 is 2.75 bits per heavy atom. The Balaban J connectivity index is 1.18. The molecule has 2 N–H and O–H groups in total. The second-order valence-electron chi connectivity index (χ2n) is 14.5. The van der Waals surface area contributed by atoms with Gasteiger partial charge in [-0.25, -0.2) is 18.2 Å². The molecule has 2 bridgehead atoms. The van der Waals surface area contributed by atoms with Gasteiger partial charge in [-0.2, -0.15) is 9.97 Å². The number of halogens is 3. The largest absolute Gasteiger partial charge is 0.508 e. The molecule has 0 amide bonds. The van der Waals surface area contributed by atoms with Gasteiger partial charge in [-0.05, 0) is 81.5 Å². The fraction of sp³-hybridized carbons (Fsp3) is 0.486. The van der Waals surface area contributed by atoms with Crippen molar-refractivity contribution in [1.29, 1.82) is 0 Å². The van der Waals surface area contributed by atoms with Crippen LogP contribution in [0.2, 0.25) is 0 Å². The number of phenols is 1. The van der Waals surface area contributed by atoms with Gasteiger partial charge in [0.2, 0.25) is 0 Å². The first-order chi connectivity index (χ1) is 23.3. The van der Waals surface area contributed by atoms with Gasteiger partial charge in [0, 0.05) is 54.1 Å². The van der Waals surface area contributed by atoms with Crippen LogP contribution in [0.3, 0.4) is 0 Å². The number of terminal acetylenes is 1. The number of pyridine rings is 1. The molecule has 4 aliphatic heterocycles. The Bertz CT molecular complexity index is 2010. The number of phenolic OH excluding ortho intramolecular Hbond substituents is 1. The van der Waals surface area contributed by atoms with Crippen molar-refractivity contribution in [2.24, 2.45) is 5.41 Å². The number of ether oxygens (including phenoxy) is 1. The third-order valence-electron chi connectivity index (χ3n) is 11.3. The molecule has 4 aromatic rings. The number of aromatic hydroxyl groups is 1. The second kappa shape index (κ2) is 11.2. The average Bonchev–Trinajstić information content (AvgIpc) is 3.76. The summed E-state index contributed by atoms with van der Waals surface area (Å²) in [7, 11) is 0. The lowest BCUT2D eigenvalue weighted by atomic mass is 9.95. The summed E-state index contributed by atoms with van der Waals surface area (Å²) in [6.45, 7) is 3.17. The zero-order valence-corrected chi connectivity index (χ0v) is 26.6. The van der Waals surface area contributed by atoms with Gasteiger partial charge in [-0.1, -0.05) is 12.0 Å². The quantitative estimate of drug-likeness (QED) is 0.258. The number of rotatable bonds is 6. The number of hydrogen-bond donors (Lipinski definition) is 2. The molecule has 0 unspecified atom stereocenters. The zero-order valence-electron chi connectivity index (χ0n) is 26.6. The third-order valence-corrected chi connectivity index (χ3v) is 11.3. The lowest BCUT2D eigenvalue weighted by Crippen LogP contribution is -2.58. The first-order valence-electron chi connectivity index (χ1n) is 17.1. The number of aryl methyl sites for hydroxylation is 1. The van der Waals surface area contributed by atoms with E-state index in [0.29, 0.717) is 59.7 Å². The molecule has 0 radical (unpaired) electrons. The number of likely N-dealkylation sites (tertiary alicyclic amines) is 1. The van der Waals surface area contributed by atoms with Crippen molar-refractivity contribution in [2.45, 2.75) is 75.7 Å². The highest BCUT2D eigenvalue weighted by Crippen LogP contribution is 2.48. The smallest absolute Gasteiger partial charge is 0.319 e. The van der Waals surface area contributed by atoms with Crippen LogP contribution in [0.15, 0.2) is 24.3 Å². The minimum atomic E-state index is -0.796. The number of aromatic nitrogens is 3. The van der Waals surface area contributed by atoms with Crippen LogP contribution in [-0.4, -0.2) is 82.0 Å². The molecule has 8 nitrogen and oxygen atoms in total. The molecule has 6 heterocycles. The Morgan fingerprint density at radius 2 is 1.94 bits per heavy atom. The Hall–Kier alpha value is -4.14. The summed E-state index contributed by atoms with van der Waals surface area (Å²) in [5.74, 6) is 1.61. The molecule has 1 aliphatic carbocycles. The fourth-order valence-electron chi connectivity index (χ4n) is 8.72. The van der Waals surface area contributed by atoms with Crippen LogP contribution in [0.4, 0.5) is 19.0 Å². The normalized spacial score (nSPS) is 25.9. The van der Waals surface area contributed by atoms with E-state index in [0.717, 1.165) is 58.2 Å². The van der Waals surface area contributed by atoms with E-state index >= 15 is 4.39 Å². The van der Waals surface area contributed by atoms with E-state index in [9.17, 15) is 13.9 Å². The molecule has 5 aliphatic rings. The molecule has 4 atom stereocenters. The van der Waals surface area contributed by atoms with Gasteiger partial charge in [0.05, 0.1) is 23.3 Å². The van der Waals surface area contributed by atoms with Gasteiger partial charge >= 0.3 is 6.01 Å². The van der Waals surface area contributed by atoms with Crippen LogP contribution in [0.5, 0.6) is 11.8 Å². The van der Waals surface area contributed by atoms with Crippen molar-refractivity contribution < 1.29 is 23.0 Å². The maximum atomic E-state index is 17.1. The number of piperidine rings is 1. The molecular weight excluding hydrogens is 617 g/mol. The van der Waals surface area contributed by atoms with Crippen molar-refractivity contribution in [3.05, 3.63) is 47.2 Å². The van der Waals surface area contributed by atoms with E-state index in [1.165, 1.54) is 24.3 Å². The van der Waals surface area contributed by atoms with Crippen LogP contribution in [-0.2, 0) is 6.42 Å². The molecule has 2 aromatic carbocycles. The molecule has 11 heteroatoms. The van der Waals surface area contributed by atoms with E-state index in [1.54, 1.807) is 0 Å². The maximum absolute atomic E-state index is 17.1. The van der Waals surface area contributed by atoms with Crippen LogP contribution < -0.4 is 15.0 Å². The van der Waals surface area contributed by atoms with E-state index in [1.807, 2.05) is 0 Å². The SMILES string of the molecule is C#Cc1c(F)ccc2cc(O)cc(-c3nc4c5c(nc(OCC6(CN7CCC[C@@H](F)C7)CC6)nc5c3F)N3C[C@H]5CC[C@H](N5)[C@H]3CC4)c12. The Labute approximate surface area is 276 Å². The van der Waals surface area contributed by atoms with E-state index in [4.69, 9.17) is 26.1 Å². The fourth-order valence-corrected chi connectivity index (χ4v) is 8.72. The first kappa shape index (κ1) is 30.0. The Kier molecular flexibility index (Phi) is 6.99. The van der Waals surface area contributed by atoms with Crippen molar-refractivity contribution in [1.82, 2.24) is 25.2 Å². The van der Waals surface area contributed by atoms with Gasteiger partial charge in [0.1, 0.15) is 34.8 Å². The predicted octanol–water partition coefficient (Wildman–Crippen LogP) is 5.66. The molecule has 248 valence electrons. The number of nitrogens with zero attached hydrogens (tertiary/aromatic N) is 5. The molecule has 1 saturated carbocycles. The monoisotopic (exact) mass is 654 g/mol. The topological polar surface area (TPSA) is 86.6 Å².